The van der Waals surface area contributed by atoms with Crippen LogP contribution >= 0.6 is 0 Å². The number of fused-ring (bicyclic) bond motifs is 1. The number of carbonyl (C=O) groups is 4. The summed E-state index contributed by atoms with van der Waals surface area (Å²) in [7, 11) is 0. The third-order valence-corrected chi connectivity index (χ3v) is 7.69. The molecule has 0 saturated carbocycles. The Labute approximate surface area is 272 Å². The maximum absolute atomic E-state index is 13.9. The molecule has 0 radical (unpaired) electrons. The van der Waals surface area contributed by atoms with Crippen molar-refractivity contribution in [3.63, 3.8) is 0 Å². The van der Waals surface area contributed by atoms with Crippen LogP contribution in [0.15, 0.2) is 35.1 Å². The van der Waals surface area contributed by atoms with E-state index in [2.05, 4.69) is 31.1 Å². The minimum Gasteiger partial charge on any atom is -0.475 e. The zero-order valence-electron chi connectivity index (χ0n) is 26.7. The fourth-order valence-electron chi connectivity index (χ4n) is 5.20. The number of likely N-dealkylation sites (tertiary alicyclic amines) is 1. The van der Waals surface area contributed by atoms with Crippen LogP contribution < -0.4 is 16.0 Å². The molecule has 1 aromatic carbocycles. The van der Waals surface area contributed by atoms with Gasteiger partial charge in [0.05, 0.1) is 18.1 Å². The number of rotatable bonds is 7. The number of aliphatic hydroxyl groups excluding tert-OH is 1. The van der Waals surface area contributed by atoms with E-state index in [0.717, 1.165) is 23.4 Å². The first-order chi connectivity index (χ1) is 22.5. The van der Waals surface area contributed by atoms with Gasteiger partial charge in [0.1, 0.15) is 12.1 Å². The van der Waals surface area contributed by atoms with Gasteiger partial charge in [-0.05, 0) is 11.0 Å². The van der Waals surface area contributed by atoms with Crippen molar-refractivity contribution in [1.29, 1.82) is 0 Å². The normalized spacial score (nSPS) is 18.3. The van der Waals surface area contributed by atoms with Crippen molar-refractivity contribution in [1.82, 2.24) is 40.5 Å². The van der Waals surface area contributed by atoms with Crippen LogP contribution in [0.3, 0.4) is 0 Å². The van der Waals surface area contributed by atoms with Crippen molar-refractivity contribution >= 4 is 23.7 Å². The van der Waals surface area contributed by atoms with Crippen LogP contribution in [0.25, 0.3) is 11.4 Å². The van der Waals surface area contributed by atoms with Crippen molar-refractivity contribution in [3.05, 3.63) is 53.4 Å². The lowest BCUT2D eigenvalue weighted by atomic mass is 9.85. The minimum absolute atomic E-state index is 0.00197. The molecular formula is C30H37F3N8O7. The van der Waals surface area contributed by atoms with Gasteiger partial charge in [-0.1, -0.05) is 50.2 Å². The third-order valence-electron chi connectivity index (χ3n) is 7.69. The first-order valence-electron chi connectivity index (χ1n) is 15.0. The maximum atomic E-state index is 13.9. The summed E-state index contributed by atoms with van der Waals surface area (Å²) in [4.78, 5) is 59.2. The molecule has 3 aromatic rings. The molecule has 0 aliphatic carbocycles. The standard InChI is InChI=1S/C28H36N8O5.C2HF3O2/c1-16-32-24(34-41-16)18-7-5-17(6-8-18)12-30-25(38)20-11-19(37)14-36(20)27(40)23(28(2,3)4)33-26(39)22-21-13-29-9-10-35(21)15-31-22;3-2(4,5)1(6)7/h5-8,15,19-20,23,29,37H,9-14H2,1-4H3,(H,30,38)(H,33,39);(H,6,7)/t19-,20+,23-;/m1./s1. The fourth-order valence-corrected chi connectivity index (χ4v) is 5.20. The number of aryl methyl sites for hydroxylation is 1. The Kier molecular flexibility index (Phi) is 10.9. The highest BCUT2D eigenvalue weighted by Gasteiger charge is 2.45. The summed E-state index contributed by atoms with van der Waals surface area (Å²) in [5, 5.41) is 30.5. The van der Waals surface area contributed by atoms with Crippen LogP contribution in [0.5, 0.6) is 0 Å². The third kappa shape index (κ3) is 8.74. The number of hydrogen-bond acceptors (Lipinski definition) is 10. The van der Waals surface area contributed by atoms with Gasteiger partial charge < -0.3 is 40.2 Å². The zero-order valence-corrected chi connectivity index (χ0v) is 26.7. The molecule has 0 bridgehead atoms. The average molecular weight is 679 g/mol. The molecule has 1 saturated heterocycles. The van der Waals surface area contributed by atoms with Gasteiger partial charge in [-0.2, -0.15) is 18.2 Å². The lowest BCUT2D eigenvalue weighted by Gasteiger charge is -2.35. The number of carboxylic acids is 1. The summed E-state index contributed by atoms with van der Waals surface area (Å²) in [5.74, 6) is -3.05. The van der Waals surface area contributed by atoms with E-state index >= 15 is 0 Å². The summed E-state index contributed by atoms with van der Waals surface area (Å²) >= 11 is 0. The Morgan fingerprint density at radius 3 is 2.40 bits per heavy atom. The summed E-state index contributed by atoms with van der Waals surface area (Å²) in [5.41, 5.74) is 2.00. The Bertz CT molecular complexity index is 1630. The molecule has 0 unspecified atom stereocenters. The van der Waals surface area contributed by atoms with Crippen molar-refractivity contribution in [3.8, 4) is 11.4 Å². The predicted octanol–water partition coefficient (Wildman–Crippen LogP) is 1.40. The molecule has 1 fully saturated rings. The molecule has 5 N–H and O–H groups in total. The van der Waals surface area contributed by atoms with Crippen molar-refractivity contribution < 1.29 is 47.1 Å². The first kappa shape index (κ1) is 36.0. The van der Waals surface area contributed by atoms with E-state index in [1.54, 1.807) is 13.3 Å². The fraction of sp³-hybridized carbons (Fsp3) is 0.500. The van der Waals surface area contributed by atoms with Gasteiger partial charge in [0, 0.05) is 51.6 Å². The molecule has 260 valence electrons. The first-order valence-corrected chi connectivity index (χ1v) is 15.0. The van der Waals surface area contributed by atoms with Gasteiger partial charge in [0.25, 0.3) is 5.91 Å². The average Bonchev–Trinajstić information content (AvgIpc) is 3.76. The zero-order chi connectivity index (χ0) is 35.4. The molecule has 5 rings (SSSR count). The molecule has 15 nitrogen and oxygen atoms in total. The molecule has 3 amide bonds. The van der Waals surface area contributed by atoms with E-state index in [1.165, 1.54) is 4.90 Å². The molecular weight excluding hydrogens is 641 g/mol. The van der Waals surface area contributed by atoms with Crippen LogP contribution in [0.1, 0.15) is 54.8 Å². The van der Waals surface area contributed by atoms with Gasteiger partial charge in [-0.25, -0.2) is 9.78 Å². The van der Waals surface area contributed by atoms with Gasteiger partial charge >= 0.3 is 12.1 Å². The number of aliphatic carboxylic acids is 1. The minimum atomic E-state index is -5.08. The van der Waals surface area contributed by atoms with E-state index in [9.17, 15) is 32.7 Å². The van der Waals surface area contributed by atoms with E-state index in [1.807, 2.05) is 49.6 Å². The lowest BCUT2D eigenvalue weighted by molar-refractivity contribution is -0.192. The van der Waals surface area contributed by atoms with Gasteiger partial charge in [-0.15, -0.1) is 0 Å². The molecule has 18 heteroatoms. The summed E-state index contributed by atoms with van der Waals surface area (Å²) in [6.45, 7) is 9.51. The molecule has 3 atom stereocenters. The second-order valence-corrected chi connectivity index (χ2v) is 12.4. The number of alkyl halides is 3. The number of amides is 3. The molecule has 2 aromatic heterocycles. The van der Waals surface area contributed by atoms with E-state index < -0.39 is 47.6 Å². The quantitative estimate of drug-likeness (QED) is 0.242. The number of carboxylic acid groups (broad SMARTS) is 1. The molecule has 2 aliphatic rings. The highest BCUT2D eigenvalue weighted by atomic mass is 19.4. The number of imidazole rings is 1. The summed E-state index contributed by atoms with van der Waals surface area (Å²) in [6, 6.07) is 5.57. The second-order valence-electron chi connectivity index (χ2n) is 12.4. The van der Waals surface area contributed by atoms with E-state index in [4.69, 9.17) is 14.4 Å². The summed E-state index contributed by atoms with van der Waals surface area (Å²) in [6.07, 6.45) is -4.19. The smallest absolute Gasteiger partial charge is 0.475 e. The van der Waals surface area contributed by atoms with E-state index in [-0.39, 0.29) is 31.1 Å². The monoisotopic (exact) mass is 678 g/mol. The second kappa shape index (κ2) is 14.5. The van der Waals surface area contributed by atoms with Crippen LogP contribution in [0, 0.1) is 12.3 Å². The Morgan fingerprint density at radius 1 is 1.15 bits per heavy atom. The lowest BCUT2D eigenvalue weighted by Crippen LogP contribution is -2.57. The maximum Gasteiger partial charge on any atom is 0.490 e. The number of benzene rings is 1. The van der Waals surface area contributed by atoms with Crippen molar-refractivity contribution in [2.75, 3.05) is 13.1 Å². The number of halogens is 3. The molecule has 4 heterocycles. The number of aromatic nitrogens is 4. The Balaban J connectivity index is 0.000000671. The largest absolute Gasteiger partial charge is 0.490 e. The van der Waals surface area contributed by atoms with Gasteiger partial charge in [0.15, 0.2) is 5.69 Å². The van der Waals surface area contributed by atoms with Gasteiger partial charge in [0.2, 0.25) is 23.5 Å². The van der Waals surface area contributed by atoms with Crippen molar-refractivity contribution in [2.45, 2.75) is 78.1 Å². The van der Waals surface area contributed by atoms with Crippen LogP contribution in [0.2, 0.25) is 0 Å². The number of β-amino-alcohol motifs (C(OH)–C–C–N with tert-alkyl or cyclic N) is 1. The van der Waals surface area contributed by atoms with Crippen molar-refractivity contribution in [2.24, 2.45) is 5.41 Å². The highest BCUT2D eigenvalue weighted by Crippen LogP contribution is 2.27. The number of carbonyl (C=O) groups excluding carboxylic acids is 3. The van der Waals surface area contributed by atoms with Crippen LogP contribution in [-0.2, 0) is 34.0 Å². The topological polar surface area (TPSA) is 205 Å². The highest BCUT2D eigenvalue weighted by molar-refractivity contribution is 5.98. The van der Waals surface area contributed by atoms with E-state index in [0.29, 0.717) is 24.8 Å². The number of nitrogens with zero attached hydrogens (tertiary/aromatic N) is 5. The number of nitrogens with one attached hydrogen (secondary N) is 3. The van der Waals surface area contributed by atoms with Gasteiger partial charge in [-0.3, -0.25) is 14.4 Å². The predicted molar refractivity (Wildman–Crippen MR) is 161 cm³/mol. The molecule has 2 aliphatic heterocycles. The van der Waals surface area contributed by atoms with Crippen LogP contribution in [-0.4, -0.2) is 95.9 Å². The van der Waals surface area contributed by atoms with Crippen LogP contribution in [0.4, 0.5) is 13.2 Å². The number of aliphatic hydroxyl groups is 1. The molecule has 0 spiro atoms. The summed E-state index contributed by atoms with van der Waals surface area (Å²) < 4.78 is 38.7. The SMILES string of the molecule is Cc1nc(-c2ccc(CNC(=O)[C@@H]3C[C@@H](O)CN3C(=O)[C@@H](NC(=O)c3ncn4c3CNCC4)C(C)(C)C)cc2)no1.O=C(O)C(F)(F)F. The Morgan fingerprint density at radius 2 is 1.81 bits per heavy atom. The Hall–Kier alpha value is -4.84. The molecule has 48 heavy (non-hydrogen) atoms. The number of hydrogen-bond donors (Lipinski definition) is 5.